The quantitative estimate of drug-likeness (QED) is 0.579. The zero-order valence-corrected chi connectivity index (χ0v) is 8.58. The van der Waals surface area contributed by atoms with Gasteiger partial charge in [-0.15, -0.1) is 0 Å². The first-order valence-electron chi connectivity index (χ1n) is 3.89. The van der Waals surface area contributed by atoms with E-state index >= 15 is 0 Å². The van der Waals surface area contributed by atoms with Crippen molar-refractivity contribution in [3.05, 3.63) is 44.7 Å². The first-order valence-corrected chi connectivity index (χ1v) is 4.68. The fourth-order valence-corrected chi connectivity index (χ4v) is 1.60. The van der Waals surface area contributed by atoms with Crippen molar-refractivity contribution in [3.63, 3.8) is 0 Å². The largest absolute Gasteiger partial charge is 0.423 e. The van der Waals surface area contributed by atoms with Crippen LogP contribution in [0.25, 0.3) is 11.0 Å². The molecule has 0 radical (unpaired) electrons. The van der Waals surface area contributed by atoms with Crippen LogP contribution in [0, 0.1) is 0 Å². The minimum absolute atomic E-state index is 0.351. The maximum Gasteiger partial charge on any atom is 0.336 e. The van der Waals surface area contributed by atoms with Gasteiger partial charge in [0.15, 0.2) is 6.29 Å². The van der Waals surface area contributed by atoms with Gasteiger partial charge in [0, 0.05) is 21.5 Å². The molecular formula is C10H5BrO3. The fourth-order valence-electron chi connectivity index (χ4n) is 1.26. The zero-order valence-electron chi connectivity index (χ0n) is 6.99. The van der Waals surface area contributed by atoms with Crippen molar-refractivity contribution in [2.45, 2.75) is 0 Å². The van der Waals surface area contributed by atoms with E-state index in [-0.39, 0.29) is 0 Å². The average Bonchev–Trinajstić information content (AvgIpc) is 2.15. The summed E-state index contributed by atoms with van der Waals surface area (Å²) in [7, 11) is 0. The Morgan fingerprint density at radius 1 is 1.29 bits per heavy atom. The molecule has 0 unspecified atom stereocenters. The predicted octanol–water partition coefficient (Wildman–Crippen LogP) is 2.37. The second-order valence-corrected chi connectivity index (χ2v) is 3.69. The highest BCUT2D eigenvalue weighted by atomic mass is 79.9. The first kappa shape index (κ1) is 9.15. The normalized spacial score (nSPS) is 10.4. The topological polar surface area (TPSA) is 47.3 Å². The summed E-state index contributed by atoms with van der Waals surface area (Å²) in [4.78, 5) is 21.7. The van der Waals surface area contributed by atoms with Crippen molar-refractivity contribution in [3.8, 4) is 0 Å². The second-order valence-electron chi connectivity index (χ2n) is 2.78. The van der Waals surface area contributed by atoms with Crippen LogP contribution in [0.1, 0.15) is 10.4 Å². The van der Waals surface area contributed by atoms with Crippen molar-refractivity contribution in [2.24, 2.45) is 0 Å². The molecule has 1 heterocycles. The number of carbonyl (C=O) groups excluding carboxylic acids is 1. The van der Waals surface area contributed by atoms with Gasteiger partial charge >= 0.3 is 5.63 Å². The number of halogens is 1. The van der Waals surface area contributed by atoms with E-state index in [9.17, 15) is 9.59 Å². The number of benzene rings is 1. The smallest absolute Gasteiger partial charge is 0.336 e. The Hall–Kier alpha value is -1.42. The van der Waals surface area contributed by atoms with Gasteiger partial charge in [0.25, 0.3) is 0 Å². The third kappa shape index (κ3) is 1.48. The van der Waals surface area contributed by atoms with E-state index in [2.05, 4.69) is 15.9 Å². The number of fused-ring (bicyclic) bond motifs is 1. The van der Waals surface area contributed by atoms with Crippen LogP contribution >= 0.6 is 15.9 Å². The first-order chi connectivity index (χ1) is 6.70. The SMILES string of the molecule is O=Cc1cc(=O)oc2cc(Br)ccc12. The molecule has 4 heteroatoms. The Kier molecular flexibility index (Phi) is 2.21. The fraction of sp³-hybridized carbons (Fsp3) is 0. The van der Waals surface area contributed by atoms with Crippen LogP contribution in [0.2, 0.25) is 0 Å². The van der Waals surface area contributed by atoms with E-state index in [4.69, 9.17) is 4.42 Å². The Balaban J connectivity index is 2.94. The molecule has 0 aliphatic rings. The van der Waals surface area contributed by atoms with Gasteiger partial charge in [-0.2, -0.15) is 0 Å². The van der Waals surface area contributed by atoms with Crippen molar-refractivity contribution >= 4 is 33.2 Å². The van der Waals surface area contributed by atoms with Crippen LogP contribution in [-0.4, -0.2) is 6.29 Å². The number of rotatable bonds is 1. The molecule has 2 rings (SSSR count). The third-order valence-corrected chi connectivity index (χ3v) is 2.36. The molecular weight excluding hydrogens is 248 g/mol. The number of aldehydes is 1. The highest BCUT2D eigenvalue weighted by molar-refractivity contribution is 9.10. The average molecular weight is 253 g/mol. The van der Waals surface area contributed by atoms with Crippen molar-refractivity contribution in [1.82, 2.24) is 0 Å². The van der Waals surface area contributed by atoms with E-state index < -0.39 is 5.63 Å². The summed E-state index contributed by atoms with van der Waals surface area (Å²) < 4.78 is 5.74. The summed E-state index contributed by atoms with van der Waals surface area (Å²) in [5.74, 6) is 0. The van der Waals surface area contributed by atoms with E-state index in [0.717, 1.165) is 4.47 Å². The molecule has 14 heavy (non-hydrogen) atoms. The molecule has 0 bridgehead atoms. The summed E-state index contributed by atoms with van der Waals surface area (Å²) in [6, 6.07) is 6.36. The van der Waals surface area contributed by atoms with E-state index in [1.807, 2.05) is 0 Å². The molecule has 0 saturated heterocycles. The van der Waals surface area contributed by atoms with Gasteiger partial charge in [-0.3, -0.25) is 4.79 Å². The molecule has 0 N–H and O–H groups in total. The maximum absolute atomic E-state index is 11.0. The lowest BCUT2D eigenvalue weighted by atomic mass is 10.1. The summed E-state index contributed by atoms with van der Waals surface area (Å²) in [5.41, 5.74) is 0.246. The molecule has 0 amide bonds. The lowest BCUT2D eigenvalue weighted by Gasteiger charge is -1.98. The van der Waals surface area contributed by atoms with Crippen LogP contribution in [0.3, 0.4) is 0 Å². The van der Waals surface area contributed by atoms with Crippen LogP contribution in [-0.2, 0) is 0 Å². The van der Waals surface area contributed by atoms with Crippen molar-refractivity contribution in [2.75, 3.05) is 0 Å². The number of carbonyl (C=O) groups is 1. The van der Waals surface area contributed by atoms with Gasteiger partial charge < -0.3 is 4.42 Å². The van der Waals surface area contributed by atoms with Gasteiger partial charge in [-0.1, -0.05) is 15.9 Å². The molecule has 0 fully saturated rings. The molecule has 1 aromatic heterocycles. The highest BCUT2D eigenvalue weighted by Crippen LogP contribution is 2.20. The molecule has 3 nitrogen and oxygen atoms in total. The Morgan fingerprint density at radius 3 is 2.79 bits per heavy atom. The maximum atomic E-state index is 11.0. The number of hydrogen-bond donors (Lipinski definition) is 0. The monoisotopic (exact) mass is 252 g/mol. The molecule has 0 spiro atoms. The minimum Gasteiger partial charge on any atom is -0.423 e. The lowest BCUT2D eigenvalue weighted by molar-refractivity contribution is 0.112. The zero-order chi connectivity index (χ0) is 10.1. The Morgan fingerprint density at radius 2 is 2.07 bits per heavy atom. The van der Waals surface area contributed by atoms with E-state index in [1.165, 1.54) is 6.07 Å². The van der Waals surface area contributed by atoms with Crippen molar-refractivity contribution in [1.29, 1.82) is 0 Å². The molecule has 0 aliphatic carbocycles. The summed E-state index contributed by atoms with van der Waals surface area (Å²) in [6.45, 7) is 0. The van der Waals surface area contributed by atoms with Crippen molar-refractivity contribution < 1.29 is 9.21 Å². The third-order valence-electron chi connectivity index (χ3n) is 1.87. The van der Waals surface area contributed by atoms with Gasteiger partial charge in [-0.25, -0.2) is 4.79 Å². The molecule has 0 saturated carbocycles. The highest BCUT2D eigenvalue weighted by Gasteiger charge is 2.04. The lowest BCUT2D eigenvalue weighted by Crippen LogP contribution is -1.99. The molecule has 1 aromatic carbocycles. The second kappa shape index (κ2) is 3.38. The molecule has 2 aromatic rings. The van der Waals surface area contributed by atoms with Crippen LogP contribution in [0.4, 0.5) is 0 Å². The van der Waals surface area contributed by atoms with Gasteiger partial charge in [0.1, 0.15) is 5.58 Å². The van der Waals surface area contributed by atoms with Gasteiger partial charge in [0.05, 0.1) is 0 Å². The standard InChI is InChI=1S/C10H5BrO3/c11-7-1-2-8-6(5-12)3-10(13)14-9(8)4-7/h1-5H. The van der Waals surface area contributed by atoms with E-state index in [0.29, 0.717) is 22.8 Å². The summed E-state index contributed by atoms with van der Waals surface area (Å²) >= 11 is 3.25. The molecule has 70 valence electrons. The van der Waals surface area contributed by atoms with Crippen LogP contribution < -0.4 is 5.63 Å². The summed E-state index contributed by atoms with van der Waals surface area (Å²) in [5, 5.41) is 0.641. The van der Waals surface area contributed by atoms with Gasteiger partial charge in [0.2, 0.25) is 0 Å². The summed E-state index contributed by atoms with van der Waals surface area (Å²) in [6.07, 6.45) is 0.646. The molecule has 0 aliphatic heterocycles. The van der Waals surface area contributed by atoms with E-state index in [1.54, 1.807) is 18.2 Å². The van der Waals surface area contributed by atoms with Gasteiger partial charge in [-0.05, 0) is 18.2 Å². The Bertz CT molecular complexity index is 557. The number of hydrogen-bond acceptors (Lipinski definition) is 3. The Labute approximate surface area is 87.5 Å². The van der Waals surface area contributed by atoms with Crippen LogP contribution in [0.15, 0.2) is 37.9 Å². The molecule has 0 atom stereocenters. The van der Waals surface area contributed by atoms with Crippen LogP contribution in [0.5, 0.6) is 0 Å². The minimum atomic E-state index is -0.516. The predicted molar refractivity (Wildman–Crippen MR) is 55.6 cm³/mol.